The van der Waals surface area contributed by atoms with Gasteiger partial charge in [-0.05, 0) is 47.5 Å². The molecular formula is C14H14N2O. The van der Waals surface area contributed by atoms with E-state index in [-0.39, 0.29) is 0 Å². The smallest absolute Gasteiger partial charge is 0.108 e. The third-order valence-corrected chi connectivity index (χ3v) is 2.63. The molecule has 3 nitrogen and oxygen atoms in total. The number of nitrogens with zero attached hydrogens (tertiary/aromatic N) is 1. The zero-order valence-corrected chi connectivity index (χ0v) is 9.68. The summed E-state index contributed by atoms with van der Waals surface area (Å²) in [6.45, 7) is 2.06. The first-order valence-corrected chi connectivity index (χ1v) is 5.62. The van der Waals surface area contributed by atoms with Gasteiger partial charge >= 0.3 is 0 Å². The lowest BCUT2D eigenvalue weighted by atomic mass is 10.1. The molecule has 0 amide bonds. The second kappa shape index (κ2) is 5.25. The van der Waals surface area contributed by atoms with Crippen LogP contribution in [0.4, 0.5) is 17.1 Å². The average Bonchev–Trinajstić information content (AvgIpc) is 2.40. The van der Waals surface area contributed by atoms with Crippen molar-refractivity contribution in [2.45, 2.75) is 13.3 Å². The van der Waals surface area contributed by atoms with Gasteiger partial charge in [-0.1, -0.05) is 25.1 Å². The van der Waals surface area contributed by atoms with Gasteiger partial charge in [0.1, 0.15) is 5.69 Å². The van der Waals surface area contributed by atoms with Crippen LogP contribution in [0, 0.1) is 4.91 Å². The maximum Gasteiger partial charge on any atom is 0.108 e. The Balaban J connectivity index is 2.29. The molecule has 0 heterocycles. The van der Waals surface area contributed by atoms with Crippen LogP contribution in [-0.2, 0) is 6.42 Å². The van der Waals surface area contributed by atoms with Gasteiger partial charge in [0.15, 0.2) is 0 Å². The van der Waals surface area contributed by atoms with E-state index in [0.29, 0.717) is 5.69 Å². The summed E-state index contributed by atoms with van der Waals surface area (Å²) >= 11 is 0. The van der Waals surface area contributed by atoms with Gasteiger partial charge in [-0.15, -0.1) is 4.91 Å². The molecule has 2 aromatic rings. The third kappa shape index (κ3) is 2.69. The first-order valence-electron chi connectivity index (χ1n) is 5.62. The predicted octanol–water partition coefficient (Wildman–Crippen LogP) is 4.39. The summed E-state index contributed by atoms with van der Waals surface area (Å²) in [5.41, 5.74) is 3.62. The zero-order valence-electron chi connectivity index (χ0n) is 9.68. The molecule has 0 spiro atoms. The Kier molecular flexibility index (Phi) is 3.50. The predicted molar refractivity (Wildman–Crippen MR) is 71.0 cm³/mol. The first-order chi connectivity index (χ1) is 8.33. The number of nitroso groups, excluding NO2 is 1. The molecule has 0 saturated heterocycles. The maximum absolute atomic E-state index is 10.5. The second-order valence-corrected chi connectivity index (χ2v) is 3.78. The average molecular weight is 226 g/mol. The van der Waals surface area contributed by atoms with Gasteiger partial charge in [0.2, 0.25) is 0 Å². The molecule has 0 radical (unpaired) electrons. The van der Waals surface area contributed by atoms with E-state index in [2.05, 4.69) is 17.4 Å². The number of hydrogen-bond donors (Lipinski definition) is 1. The molecule has 1 N–H and O–H groups in total. The van der Waals surface area contributed by atoms with E-state index in [9.17, 15) is 4.91 Å². The van der Waals surface area contributed by atoms with Crippen molar-refractivity contribution in [2.75, 3.05) is 5.32 Å². The Morgan fingerprint density at radius 1 is 1.12 bits per heavy atom. The summed E-state index contributed by atoms with van der Waals surface area (Å²) in [5.74, 6) is 0. The van der Waals surface area contributed by atoms with Crippen molar-refractivity contribution in [3.8, 4) is 0 Å². The fourth-order valence-corrected chi connectivity index (χ4v) is 1.73. The Morgan fingerprint density at radius 3 is 2.53 bits per heavy atom. The van der Waals surface area contributed by atoms with Crippen LogP contribution in [0.25, 0.3) is 0 Å². The van der Waals surface area contributed by atoms with Gasteiger partial charge in [-0.25, -0.2) is 0 Å². The minimum Gasteiger partial charge on any atom is -0.355 e. The highest BCUT2D eigenvalue weighted by molar-refractivity contribution is 5.65. The molecule has 3 heteroatoms. The van der Waals surface area contributed by atoms with Crippen LogP contribution in [0.2, 0.25) is 0 Å². The Labute approximate surface area is 100 Å². The molecule has 0 aliphatic carbocycles. The van der Waals surface area contributed by atoms with E-state index in [1.165, 1.54) is 0 Å². The molecule has 0 aliphatic rings. The monoisotopic (exact) mass is 226 g/mol. The lowest BCUT2D eigenvalue weighted by Crippen LogP contribution is -1.94. The van der Waals surface area contributed by atoms with E-state index in [1.807, 2.05) is 42.5 Å². The highest BCUT2D eigenvalue weighted by atomic mass is 16.3. The minimum absolute atomic E-state index is 0.473. The van der Waals surface area contributed by atoms with Gasteiger partial charge < -0.3 is 5.32 Å². The quantitative estimate of drug-likeness (QED) is 0.785. The van der Waals surface area contributed by atoms with Crippen LogP contribution in [0.15, 0.2) is 53.7 Å². The Hall–Kier alpha value is -2.16. The van der Waals surface area contributed by atoms with Crippen LogP contribution in [-0.4, -0.2) is 0 Å². The van der Waals surface area contributed by atoms with Crippen molar-refractivity contribution in [3.63, 3.8) is 0 Å². The third-order valence-electron chi connectivity index (χ3n) is 2.63. The molecule has 0 bridgehead atoms. The Bertz CT molecular complexity index is 509. The summed E-state index contributed by atoms with van der Waals surface area (Å²) in [6.07, 6.45) is 0.860. The van der Waals surface area contributed by atoms with Crippen molar-refractivity contribution >= 4 is 17.1 Å². The van der Waals surface area contributed by atoms with Crippen LogP contribution in [0.5, 0.6) is 0 Å². The van der Waals surface area contributed by atoms with Crippen molar-refractivity contribution < 1.29 is 0 Å². The summed E-state index contributed by atoms with van der Waals surface area (Å²) in [4.78, 5) is 10.5. The van der Waals surface area contributed by atoms with E-state index >= 15 is 0 Å². The molecular weight excluding hydrogens is 212 g/mol. The van der Waals surface area contributed by atoms with E-state index in [4.69, 9.17) is 0 Å². The molecule has 0 fully saturated rings. The second-order valence-electron chi connectivity index (χ2n) is 3.78. The molecule has 17 heavy (non-hydrogen) atoms. The van der Waals surface area contributed by atoms with Crippen molar-refractivity contribution in [2.24, 2.45) is 5.18 Å². The molecule has 0 aliphatic heterocycles. The Morgan fingerprint density at radius 2 is 1.88 bits per heavy atom. The number of anilines is 2. The molecule has 0 saturated carbocycles. The van der Waals surface area contributed by atoms with Crippen LogP contribution < -0.4 is 5.32 Å². The van der Waals surface area contributed by atoms with Gasteiger partial charge in [0.25, 0.3) is 0 Å². The maximum atomic E-state index is 10.5. The number of nitrogens with one attached hydrogen (secondary N) is 1. The molecule has 0 aromatic heterocycles. The van der Waals surface area contributed by atoms with E-state index in [0.717, 1.165) is 23.4 Å². The number of benzene rings is 2. The summed E-state index contributed by atoms with van der Waals surface area (Å²) in [6, 6.07) is 15.4. The highest BCUT2D eigenvalue weighted by Gasteiger charge is 2.03. The standard InChI is InChI=1S/C14H14N2O/c1-2-11-10-13(16-17)8-9-14(11)15-12-6-4-3-5-7-12/h3-10,15H,2H2,1H3. The van der Waals surface area contributed by atoms with Gasteiger partial charge in [-0.2, -0.15) is 0 Å². The van der Waals surface area contributed by atoms with Crippen molar-refractivity contribution in [1.29, 1.82) is 0 Å². The van der Waals surface area contributed by atoms with Crippen LogP contribution >= 0.6 is 0 Å². The number of para-hydroxylation sites is 1. The van der Waals surface area contributed by atoms with Gasteiger partial charge in [0, 0.05) is 11.4 Å². The van der Waals surface area contributed by atoms with Crippen LogP contribution in [0.3, 0.4) is 0 Å². The van der Waals surface area contributed by atoms with Crippen LogP contribution in [0.1, 0.15) is 12.5 Å². The lowest BCUT2D eigenvalue weighted by molar-refractivity contribution is 1.14. The SMILES string of the molecule is CCc1cc(N=O)ccc1Nc1ccccc1. The van der Waals surface area contributed by atoms with Crippen molar-refractivity contribution in [3.05, 3.63) is 59.0 Å². The largest absolute Gasteiger partial charge is 0.355 e. The normalized spacial score (nSPS) is 9.94. The number of hydrogen-bond acceptors (Lipinski definition) is 3. The highest BCUT2D eigenvalue weighted by Crippen LogP contribution is 2.25. The minimum atomic E-state index is 0.473. The number of rotatable bonds is 4. The van der Waals surface area contributed by atoms with Gasteiger partial charge in [0.05, 0.1) is 0 Å². The topological polar surface area (TPSA) is 41.5 Å². The summed E-state index contributed by atoms with van der Waals surface area (Å²) in [5, 5.41) is 6.28. The van der Waals surface area contributed by atoms with E-state index < -0.39 is 0 Å². The zero-order chi connectivity index (χ0) is 12.1. The lowest BCUT2D eigenvalue weighted by Gasteiger charge is -2.11. The molecule has 86 valence electrons. The molecule has 2 aromatic carbocycles. The summed E-state index contributed by atoms with van der Waals surface area (Å²) in [7, 11) is 0. The fraction of sp³-hybridized carbons (Fsp3) is 0.143. The van der Waals surface area contributed by atoms with Gasteiger partial charge in [-0.3, -0.25) is 0 Å². The van der Waals surface area contributed by atoms with Crippen molar-refractivity contribution in [1.82, 2.24) is 0 Å². The molecule has 0 unspecified atom stereocenters. The van der Waals surface area contributed by atoms with E-state index in [1.54, 1.807) is 6.07 Å². The fourth-order valence-electron chi connectivity index (χ4n) is 1.73. The molecule has 2 rings (SSSR count). The number of aryl methyl sites for hydroxylation is 1. The molecule has 0 atom stereocenters. The summed E-state index contributed by atoms with van der Waals surface area (Å²) < 4.78 is 0. The first kappa shape index (κ1) is 11.3.